The molecule has 1 amide bonds. The topological polar surface area (TPSA) is 114 Å². The molecule has 0 saturated carbocycles. The summed E-state index contributed by atoms with van der Waals surface area (Å²) in [6, 6.07) is 10.6. The van der Waals surface area contributed by atoms with Crippen LogP contribution in [0.3, 0.4) is 0 Å². The average Bonchev–Trinajstić information content (AvgIpc) is 3.02. The first-order valence-electron chi connectivity index (χ1n) is 8.26. The zero-order valence-corrected chi connectivity index (χ0v) is 16.7. The Bertz CT molecular complexity index is 1140. The molecule has 1 aromatic heterocycles. The van der Waals surface area contributed by atoms with Gasteiger partial charge in [0.05, 0.1) is 27.3 Å². The van der Waals surface area contributed by atoms with Gasteiger partial charge in [0.25, 0.3) is 10.0 Å². The van der Waals surface area contributed by atoms with Crippen LogP contribution in [0.1, 0.15) is 24.2 Å². The van der Waals surface area contributed by atoms with Gasteiger partial charge in [-0.15, -0.1) is 0 Å². The number of aromatic nitrogens is 1. The number of benzene rings is 2. The van der Waals surface area contributed by atoms with E-state index in [0.29, 0.717) is 21.5 Å². The summed E-state index contributed by atoms with van der Waals surface area (Å²) >= 11 is 1.11. The minimum atomic E-state index is -3.85. The SMILES string of the molecule is CCOC(=O)c1ccc2nc(NS(=O)(=O)c3ccc(NC(C)=O)cc3)sc2c1. The standard InChI is InChI=1S/C18H17N3O5S2/c1-3-26-17(23)12-4-9-15-16(10-12)27-18(20-15)21-28(24,25)14-7-5-13(6-8-14)19-11(2)22/h4-10H,3H2,1-2H3,(H,19,22)(H,20,21). The monoisotopic (exact) mass is 419 g/mol. The lowest BCUT2D eigenvalue weighted by Gasteiger charge is -2.06. The van der Waals surface area contributed by atoms with Crippen molar-refractivity contribution in [3.63, 3.8) is 0 Å². The number of anilines is 2. The highest BCUT2D eigenvalue weighted by Crippen LogP contribution is 2.29. The van der Waals surface area contributed by atoms with Crippen LogP contribution < -0.4 is 10.0 Å². The van der Waals surface area contributed by atoms with E-state index in [1.54, 1.807) is 25.1 Å². The third-order valence-corrected chi connectivity index (χ3v) is 6.02. The van der Waals surface area contributed by atoms with E-state index in [2.05, 4.69) is 15.0 Å². The van der Waals surface area contributed by atoms with Gasteiger partial charge in [-0.3, -0.25) is 9.52 Å². The Morgan fingerprint density at radius 3 is 2.50 bits per heavy atom. The quantitative estimate of drug-likeness (QED) is 0.593. The molecule has 0 aliphatic rings. The number of thiazole rings is 1. The van der Waals surface area contributed by atoms with Crippen LogP contribution in [0.4, 0.5) is 10.8 Å². The van der Waals surface area contributed by atoms with Gasteiger partial charge in [0, 0.05) is 12.6 Å². The number of hydrogen-bond donors (Lipinski definition) is 2. The number of carbonyl (C=O) groups excluding carboxylic acids is 2. The number of rotatable bonds is 6. The van der Waals surface area contributed by atoms with Crippen molar-refractivity contribution in [1.82, 2.24) is 4.98 Å². The second-order valence-corrected chi connectivity index (χ2v) is 8.45. The lowest BCUT2D eigenvalue weighted by Crippen LogP contribution is -2.13. The number of nitrogens with one attached hydrogen (secondary N) is 2. The molecule has 28 heavy (non-hydrogen) atoms. The molecule has 0 atom stereocenters. The summed E-state index contributed by atoms with van der Waals surface area (Å²) < 4.78 is 33.2. The second kappa shape index (κ2) is 7.95. The molecule has 0 saturated heterocycles. The molecule has 0 radical (unpaired) electrons. The number of esters is 1. The lowest BCUT2D eigenvalue weighted by atomic mass is 10.2. The van der Waals surface area contributed by atoms with E-state index in [0.717, 1.165) is 11.3 Å². The second-order valence-electron chi connectivity index (χ2n) is 5.73. The smallest absolute Gasteiger partial charge is 0.338 e. The van der Waals surface area contributed by atoms with Crippen molar-refractivity contribution < 1.29 is 22.7 Å². The van der Waals surface area contributed by atoms with Crippen LogP contribution in [0.15, 0.2) is 47.4 Å². The van der Waals surface area contributed by atoms with Crippen molar-refractivity contribution in [2.75, 3.05) is 16.6 Å². The van der Waals surface area contributed by atoms with Crippen LogP contribution in [0.25, 0.3) is 10.2 Å². The third kappa shape index (κ3) is 4.46. The molecule has 10 heteroatoms. The highest BCUT2D eigenvalue weighted by molar-refractivity contribution is 7.93. The molecule has 8 nitrogen and oxygen atoms in total. The van der Waals surface area contributed by atoms with Crippen molar-refractivity contribution in [2.24, 2.45) is 0 Å². The summed E-state index contributed by atoms with van der Waals surface area (Å²) in [5, 5.41) is 2.75. The molecule has 0 aliphatic carbocycles. The number of nitrogens with zero attached hydrogens (tertiary/aromatic N) is 1. The maximum Gasteiger partial charge on any atom is 0.338 e. The molecule has 0 aliphatic heterocycles. The highest BCUT2D eigenvalue weighted by atomic mass is 32.2. The number of hydrogen-bond acceptors (Lipinski definition) is 7. The van der Waals surface area contributed by atoms with E-state index in [4.69, 9.17) is 4.74 Å². The molecule has 2 aromatic carbocycles. The van der Waals surface area contributed by atoms with E-state index in [9.17, 15) is 18.0 Å². The van der Waals surface area contributed by atoms with E-state index in [-0.39, 0.29) is 22.5 Å². The predicted octanol–water partition coefficient (Wildman–Crippen LogP) is 3.23. The van der Waals surface area contributed by atoms with Crippen LogP contribution in [-0.4, -0.2) is 31.9 Å². The lowest BCUT2D eigenvalue weighted by molar-refractivity contribution is -0.114. The first kappa shape index (κ1) is 19.8. The Kier molecular flexibility index (Phi) is 5.61. The molecule has 0 unspecified atom stereocenters. The van der Waals surface area contributed by atoms with Gasteiger partial charge in [0.15, 0.2) is 5.13 Å². The fourth-order valence-corrected chi connectivity index (χ4v) is 4.54. The fourth-order valence-electron chi connectivity index (χ4n) is 2.40. The zero-order valence-electron chi connectivity index (χ0n) is 15.1. The Balaban J connectivity index is 1.82. The summed E-state index contributed by atoms with van der Waals surface area (Å²) in [5.41, 5.74) is 1.44. The van der Waals surface area contributed by atoms with Gasteiger partial charge in [0.2, 0.25) is 5.91 Å². The maximum absolute atomic E-state index is 12.6. The number of ether oxygens (including phenoxy) is 1. The van der Waals surface area contributed by atoms with Crippen molar-refractivity contribution in [3.8, 4) is 0 Å². The normalized spacial score (nSPS) is 11.2. The molecule has 146 valence electrons. The summed E-state index contributed by atoms with van der Waals surface area (Å²) in [6.07, 6.45) is 0. The van der Waals surface area contributed by atoms with Gasteiger partial charge >= 0.3 is 5.97 Å². The molecule has 0 spiro atoms. The van der Waals surface area contributed by atoms with Gasteiger partial charge in [0.1, 0.15) is 0 Å². The van der Waals surface area contributed by atoms with Crippen LogP contribution in [0.2, 0.25) is 0 Å². The fraction of sp³-hybridized carbons (Fsp3) is 0.167. The van der Waals surface area contributed by atoms with E-state index in [1.165, 1.54) is 31.2 Å². The van der Waals surface area contributed by atoms with Crippen molar-refractivity contribution in [2.45, 2.75) is 18.7 Å². The van der Waals surface area contributed by atoms with E-state index in [1.807, 2.05) is 0 Å². The minimum Gasteiger partial charge on any atom is -0.462 e. The van der Waals surface area contributed by atoms with Gasteiger partial charge in [-0.05, 0) is 49.4 Å². The van der Waals surface area contributed by atoms with Crippen molar-refractivity contribution in [1.29, 1.82) is 0 Å². The predicted molar refractivity (Wildman–Crippen MR) is 107 cm³/mol. The van der Waals surface area contributed by atoms with Crippen LogP contribution in [-0.2, 0) is 19.6 Å². The van der Waals surface area contributed by atoms with Gasteiger partial charge in [-0.2, -0.15) is 0 Å². The van der Waals surface area contributed by atoms with Gasteiger partial charge in [-0.1, -0.05) is 11.3 Å². The largest absolute Gasteiger partial charge is 0.462 e. The number of sulfonamides is 1. The summed E-state index contributed by atoms with van der Waals surface area (Å²) in [5.74, 6) is -0.690. The number of amides is 1. The molecule has 0 bridgehead atoms. The molecule has 0 fully saturated rings. The molecular formula is C18H17N3O5S2. The number of carbonyl (C=O) groups is 2. The van der Waals surface area contributed by atoms with Crippen LogP contribution in [0, 0.1) is 0 Å². The Morgan fingerprint density at radius 2 is 1.86 bits per heavy atom. The van der Waals surface area contributed by atoms with E-state index < -0.39 is 16.0 Å². The Labute approximate surface area is 165 Å². The van der Waals surface area contributed by atoms with Crippen LogP contribution in [0.5, 0.6) is 0 Å². The number of fused-ring (bicyclic) bond motifs is 1. The summed E-state index contributed by atoms with van der Waals surface area (Å²) in [6.45, 7) is 3.36. The molecule has 3 rings (SSSR count). The van der Waals surface area contributed by atoms with E-state index >= 15 is 0 Å². The average molecular weight is 419 g/mol. The molecule has 1 heterocycles. The summed E-state index contributed by atoms with van der Waals surface area (Å²) in [7, 11) is -3.85. The first-order chi connectivity index (χ1) is 13.3. The van der Waals surface area contributed by atoms with Gasteiger partial charge < -0.3 is 10.1 Å². The van der Waals surface area contributed by atoms with Crippen molar-refractivity contribution in [3.05, 3.63) is 48.0 Å². The first-order valence-corrected chi connectivity index (χ1v) is 10.6. The molecular weight excluding hydrogens is 402 g/mol. The summed E-state index contributed by atoms with van der Waals surface area (Å²) in [4.78, 5) is 27.2. The Hall–Kier alpha value is -2.98. The van der Waals surface area contributed by atoms with Crippen molar-refractivity contribution >= 4 is 54.3 Å². The molecule has 3 aromatic rings. The Morgan fingerprint density at radius 1 is 1.14 bits per heavy atom. The highest BCUT2D eigenvalue weighted by Gasteiger charge is 2.17. The molecule has 2 N–H and O–H groups in total. The van der Waals surface area contributed by atoms with Gasteiger partial charge in [-0.25, -0.2) is 18.2 Å². The maximum atomic E-state index is 12.6. The third-order valence-electron chi connectivity index (χ3n) is 3.61. The van der Waals surface area contributed by atoms with Crippen LogP contribution >= 0.6 is 11.3 Å². The zero-order chi connectivity index (χ0) is 20.3. The minimum absolute atomic E-state index is 0.0353.